The van der Waals surface area contributed by atoms with Gasteiger partial charge in [-0.2, -0.15) is 5.26 Å². The molecule has 2 rings (SSSR count). The summed E-state index contributed by atoms with van der Waals surface area (Å²) in [5, 5.41) is 12.6. The third kappa shape index (κ3) is 3.94. The minimum Gasteiger partial charge on any atom is -0.303 e. The summed E-state index contributed by atoms with van der Waals surface area (Å²) in [6, 6.07) is 2.44. The summed E-state index contributed by atoms with van der Waals surface area (Å²) in [6.07, 6.45) is 8.11. The van der Waals surface area contributed by atoms with Crippen LogP contribution in [-0.4, -0.2) is 36.6 Å². The molecule has 1 aliphatic carbocycles. The van der Waals surface area contributed by atoms with Gasteiger partial charge in [-0.15, -0.1) is 0 Å². The molecule has 0 aromatic heterocycles. The first-order valence-corrected chi connectivity index (χ1v) is 8.05. The molecule has 1 saturated heterocycles. The Kier molecular flexibility index (Phi) is 5.24. The molecule has 0 spiro atoms. The SMILES string of the molecule is CCNC(C)(C#N)CCN1CCC2CCCCC2C1. The van der Waals surface area contributed by atoms with Crippen molar-refractivity contribution in [3.05, 3.63) is 0 Å². The maximum Gasteiger partial charge on any atom is 0.105 e. The van der Waals surface area contributed by atoms with Crippen LogP contribution in [0.15, 0.2) is 0 Å². The summed E-state index contributed by atoms with van der Waals surface area (Å²) in [7, 11) is 0. The van der Waals surface area contributed by atoms with Crippen LogP contribution in [0, 0.1) is 23.2 Å². The lowest BCUT2D eigenvalue weighted by molar-refractivity contribution is 0.0823. The van der Waals surface area contributed by atoms with E-state index in [1.807, 2.05) is 6.92 Å². The van der Waals surface area contributed by atoms with Crippen molar-refractivity contribution in [3.8, 4) is 6.07 Å². The molecule has 0 aromatic rings. The van der Waals surface area contributed by atoms with E-state index in [0.29, 0.717) is 0 Å². The zero-order chi connectivity index (χ0) is 13.7. The number of nitriles is 1. The topological polar surface area (TPSA) is 39.1 Å². The quantitative estimate of drug-likeness (QED) is 0.829. The van der Waals surface area contributed by atoms with E-state index in [-0.39, 0.29) is 5.54 Å². The molecule has 1 saturated carbocycles. The van der Waals surface area contributed by atoms with Crippen molar-refractivity contribution >= 4 is 0 Å². The Morgan fingerprint density at radius 3 is 2.68 bits per heavy atom. The first-order chi connectivity index (χ1) is 9.17. The van der Waals surface area contributed by atoms with Crippen LogP contribution in [0.1, 0.15) is 52.4 Å². The van der Waals surface area contributed by atoms with E-state index in [2.05, 4.69) is 23.2 Å². The van der Waals surface area contributed by atoms with Crippen LogP contribution >= 0.6 is 0 Å². The van der Waals surface area contributed by atoms with E-state index in [1.54, 1.807) is 0 Å². The molecule has 3 nitrogen and oxygen atoms in total. The van der Waals surface area contributed by atoms with Gasteiger partial charge in [-0.25, -0.2) is 0 Å². The van der Waals surface area contributed by atoms with Gasteiger partial charge >= 0.3 is 0 Å². The molecule has 2 aliphatic rings. The number of fused-ring (bicyclic) bond motifs is 1. The van der Waals surface area contributed by atoms with Crippen molar-refractivity contribution in [2.75, 3.05) is 26.2 Å². The number of likely N-dealkylation sites (tertiary alicyclic amines) is 1. The van der Waals surface area contributed by atoms with Gasteiger partial charge in [0.1, 0.15) is 5.54 Å². The third-order valence-corrected chi connectivity index (χ3v) is 5.12. The number of rotatable bonds is 5. The van der Waals surface area contributed by atoms with E-state index in [9.17, 15) is 5.26 Å². The van der Waals surface area contributed by atoms with Crippen LogP contribution in [-0.2, 0) is 0 Å². The van der Waals surface area contributed by atoms with Crippen LogP contribution in [0.5, 0.6) is 0 Å². The Bertz CT molecular complexity index is 322. The number of nitrogens with zero attached hydrogens (tertiary/aromatic N) is 2. The Hall–Kier alpha value is -0.590. The predicted octanol–water partition coefficient (Wildman–Crippen LogP) is 2.78. The third-order valence-electron chi connectivity index (χ3n) is 5.12. The molecule has 1 aliphatic heterocycles. The molecule has 3 unspecified atom stereocenters. The highest BCUT2D eigenvalue weighted by Gasteiger charge is 2.32. The summed E-state index contributed by atoms with van der Waals surface area (Å²) < 4.78 is 0. The molecule has 0 bridgehead atoms. The van der Waals surface area contributed by atoms with Crippen LogP contribution in [0.25, 0.3) is 0 Å². The van der Waals surface area contributed by atoms with E-state index in [1.165, 1.54) is 45.2 Å². The molecule has 0 radical (unpaired) electrons. The molecule has 1 N–H and O–H groups in total. The van der Waals surface area contributed by atoms with Crippen LogP contribution in [0.4, 0.5) is 0 Å². The second-order valence-corrected chi connectivity index (χ2v) is 6.62. The highest BCUT2D eigenvalue weighted by molar-refractivity contribution is 5.04. The maximum atomic E-state index is 9.30. The van der Waals surface area contributed by atoms with Crippen molar-refractivity contribution in [1.82, 2.24) is 10.2 Å². The minimum absolute atomic E-state index is 0.349. The van der Waals surface area contributed by atoms with E-state index >= 15 is 0 Å². The highest BCUT2D eigenvalue weighted by Crippen LogP contribution is 2.36. The van der Waals surface area contributed by atoms with Gasteiger partial charge in [0.05, 0.1) is 6.07 Å². The lowest BCUT2D eigenvalue weighted by Crippen LogP contribution is -2.47. The molecule has 108 valence electrons. The summed E-state index contributed by atoms with van der Waals surface area (Å²) in [5.74, 6) is 1.94. The summed E-state index contributed by atoms with van der Waals surface area (Å²) in [4.78, 5) is 2.60. The second kappa shape index (κ2) is 6.72. The maximum absolute atomic E-state index is 9.30. The van der Waals surface area contributed by atoms with E-state index in [4.69, 9.17) is 0 Å². The Balaban J connectivity index is 1.79. The molecule has 0 amide bonds. The normalized spacial score (nSPS) is 31.2. The summed E-state index contributed by atoms with van der Waals surface area (Å²) in [5.41, 5.74) is -0.349. The molecule has 0 aromatic carbocycles. The van der Waals surface area contributed by atoms with Crippen molar-refractivity contribution in [2.24, 2.45) is 11.8 Å². The summed E-state index contributed by atoms with van der Waals surface area (Å²) in [6.45, 7) is 8.56. The van der Waals surface area contributed by atoms with Gasteiger partial charge in [0.15, 0.2) is 0 Å². The first-order valence-electron chi connectivity index (χ1n) is 8.05. The largest absolute Gasteiger partial charge is 0.303 e. The molecule has 19 heavy (non-hydrogen) atoms. The van der Waals surface area contributed by atoms with Crippen molar-refractivity contribution in [3.63, 3.8) is 0 Å². The molecular formula is C16H29N3. The van der Waals surface area contributed by atoms with Crippen molar-refractivity contribution < 1.29 is 0 Å². The molecule has 1 heterocycles. The van der Waals surface area contributed by atoms with E-state index < -0.39 is 0 Å². The molecule has 3 heteroatoms. The Labute approximate surface area is 118 Å². The molecule has 3 atom stereocenters. The van der Waals surface area contributed by atoms with E-state index in [0.717, 1.165) is 31.3 Å². The Morgan fingerprint density at radius 2 is 2.00 bits per heavy atom. The highest BCUT2D eigenvalue weighted by atomic mass is 15.1. The zero-order valence-electron chi connectivity index (χ0n) is 12.6. The predicted molar refractivity (Wildman–Crippen MR) is 78.8 cm³/mol. The minimum atomic E-state index is -0.349. The average Bonchev–Trinajstić information content (AvgIpc) is 2.45. The van der Waals surface area contributed by atoms with Gasteiger partial charge in [0.2, 0.25) is 0 Å². The monoisotopic (exact) mass is 263 g/mol. The fraction of sp³-hybridized carbons (Fsp3) is 0.938. The van der Waals surface area contributed by atoms with Gasteiger partial charge in [0, 0.05) is 13.1 Å². The van der Waals surface area contributed by atoms with Gasteiger partial charge in [-0.1, -0.05) is 26.2 Å². The lowest BCUT2D eigenvalue weighted by atomic mass is 9.75. The number of piperidine rings is 1. The van der Waals surface area contributed by atoms with Gasteiger partial charge in [0.25, 0.3) is 0 Å². The number of hydrogen-bond donors (Lipinski definition) is 1. The van der Waals surface area contributed by atoms with Crippen molar-refractivity contribution in [2.45, 2.75) is 57.9 Å². The fourth-order valence-corrected chi connectivity index (χ4v) is 3.83. The van der Waals surface area contributed by atoms with Crippen molar-refractivity contribution in [1.29, 1.82) is 5.26 Å². The first kappa shape index (κ1) is 14.8. The van der Waals surface area contributed by atoms with Gasteiger partial charge in [-0.3, -0.25) is 5.32 Å². The van der Waals surface area contributed by atoms with Gasteiger partial charge < -0.3 is 4.90 Å². The number of nitrogens with one attached hydrogen (secondary N) is 1. The fourth-order valence-electron chi connectivity index (χ4n) is 3.83. The summed E-state index contributed by atoms with van der Waals surface area (Å²) >= 11 is 0. The van der Waals surface area contributed by atoms with Crippen LogP contribution < -0.4 is 5.32 Å². The lowest BCUT2D eigenvalue weighted by Gasteiger charge is -2.42. The average molecular weight is 263 g/mol. The molecular weight excluding hydrogens is 234 g/mol. The standard InChI is InChI=1S/C16H29N3/c1-3-18-16(2,13-17)9-11-19-10-8-14-6-4-5-7-15(14)12-19/h14-15,18H,3-12H2,1-2H3. The van der Waals surface area contributed by atoms with Crippen LogP contribution in [0.2, 0.25) is 0 Å². The van der Waals surface area contributed by atoms with Gasteiger partial charge in [-0.05, 0) is 51.1 Å². The Morgan fingerprint density at radius 1 is 1.26 bits per heavy atom. The second-order valence-electron chi connectivity index (χ2n) is 6.62. The number of hydrogen-bond acceptors (Lipinski definition) is 3. The zero-order valence-corrected chi connectivity index (χ0v) is 12.6. The smallest absolute Gasteiger partial charge is 0.105 e. The van der Waals surface area contributed by atoms with Crippen LogP contribution in [0.3, 0.4) is 0 Å². The molecule has 2 fully saturated rings.